The molecular weight excluding hydrogens is 544 g/mol. The fourth-order valence-electron chi connectivity index (χ4n) is 7.26. The van der Waals surface area contributed by atoms with E-state index in [0.29, 0.717) is 27.4 Å². The molecule has 6 heteroatoms. The van der Waals surface area contributed by atoms with E-state index >= 15 is 0 Å². The van der Waals surface area contributed by atoms with Crippen molar-refractivity contribution in [2.75, 3.05) is 10.2 Å². The highest BCUT2D eigenvalue weighted by Gasteiger charge is 2.70. The van der Waals surface area contributed by atoms with E-state index in [1.54, 1.807) is 36.4 Å². The van der Waals surface area contributed by atoms with Crippen molar-refractivity contribution >= 4 is 46.0 Å². The second kappa shape index (κ2) is 9.53. The Hall–Kier alpha value is -4.48. The van der Waals surface area contributed by atoms with E-state index in [1.165, 1.54) is 0 Å². The molecule has 5 nitrogen and oxygen atoms in total. The van der Waals surface area contributed by atoms with Crippen molar-refractivity contribution in [3.8, 4) is 0 Å². The third kappa shape index (κ3) is 3.59. The number of nitrogens with zero attached hydrogens (tertiary/aromatic N) is 1. The van der Waals surface area contributed by atoms with E-state index in [1.807, 2.05) is 74.2 Å². The summed E-state index contributed by atoms with van der Waals surface area (Å²) < 4.78 is 0. The van der Waals surface area contributed by atoms with E-state index in [-0.39, 0.29) is 17.5 Å². The molecule has 3 heterocycles. The summed E-state index contributed by atoms with van der Waals surface area (Å²) in [4.78, 5) is 46.2. The molecule has 0 saturated carbocycles. The zero-order valence-corrected chi connectivity index (χ0v) is 24.3. The minimum absolute atomic E-state index is 0.209. The van der Waals surface area contributed by atoms with Gasteiger partial charge in [0.15, 0.2) is 11.6 Å². The van der Waals surface area contributed by atoms with Crippen molar-refractivity contribution in [1.82, 2.24) is 0 Å². The van der Waals surface area contributed by atoms with Crippen LogP contribution >= 0.6 is 11.6 Å². The van der Waals surface area contributed by atoms with Gasteiger partial charge in [0.25, 0.3) is 0 Å². The van der Waals surface area contributed by atoms with Crippen LogP contribution in [0.4, 0.5) is 11.4 Å². The number of fused-ring (bicyclic) bond motifs is 6. The summed E-state index contributed by atoms with van der Waals surface area (Å²) in [6, 6.07) is 26.4. The molecular formula is C36H29ClN2O3. The van der Waals surface area contributed by atoms with Crippen LogP contribution in [0.2, 0.25) is 5.02 Å². The molecule has 1 fully saturated rings. The quantitative estimate of drug-likeness (QED) is 0.263. The largest absolute Gasteiger partial charge is 0.352 e. The number of benzene rings is 4. The summed E-state index contributed by atoms with van der Waals surface area (Å²) in [5, 5.41) is 3.37. The van der Waals surface area contributed by atoms with Crippen molar-refractivity contribution < 1.29 is 14.4 Å². The molecule has 0 radical (unpaired) electrons. The van der Waals surface area contributed by atoms with Crippen LogP contribution in [0.1, 0.15) is 49.9 Å². The van der Waals surface area contributed by atoms with E-state index in [4.69, 9.17) is 11.6 Å². The maximum Gasteiger partial charge on any atom is 0.238 e. The number of Topliss-reactive ketones (excluding diaryl/α,β-unsaturated/α-hetero) is 2. The number of hydrogen-bond acceptors (Lipinski definition) is 4. The predicted octanol–water partition coefficient (Wildman–Crippen LogP) is 7.20. The molecule has 4 aromatic rings. The molecule has 0 aliphatic carbocycles. The Morgan fingerprint density at radius 2 is 1.52 bits per heavy atom. The van der Waals surface area contributed by atoms with Gasteiger partial charge in [0, 0.05) is 28.1 Å². The first-order chi connectivity index (χ1) is 20.2. The summed E-state index contributed by atoms with van der Waals surface area (Å²) in [6.07, 6.45) is 2.07. The van der Waals surface area contributed by atoms with Crippen molar-refractivity contribution in [3.05, 3.63) is 135 Å². The van der Waals surface area contributed by atoms with Crippen molar-refractivity contribution in [1.29, 1.82) is 0 Å². The number of amides is 1. The first-order valence-corrected chi connectivity index (χ1v) is 14.5. The van der Waals surface area contributed by atoms with Crippen molar-refractivity contribution in [2.24, 2.45) is 5.92 Å². The number of para-hydroxylation sites is 1. The first kappa shape index (κ1) is 26.4. The Morgan fingerprint density at radius 3 is 2.29 bits per heavy atom. The average Bonchev–Trinajstić information content (AvgIpc) is 3.45. The standard InChI is InChI=1S/C36H29ClN2O3/c1-20-12-15-23(16-13-20)33(40)32-31(34(41)24-8-4-6-10-27(24)37)36(26-9-5-7-11-28(26)38-35(36)42)30-19-22(3)25-18-21(2)14-17-29(25)39(30)32/h4-19,30-32H,1-3H3,(H,38,42)/t30-,31-,32-,36+/m0/s1. The summed E-state index contributed by atoms with van der Waals surface area (Å²) in [6.45, 7) is 6.03. The molecule has 1 saturated heterocycles. The number of halogens is 1. The van der Waals surface area contributed by atoms with E-state index < -0.39 is 23.4 Å². The summed E-state index contributed by atoms with van der Waals surface area (Å²) in [5.74, 6) is -1.88. The molecule has 42 heavy (non-hydrogen) atoms. The fraction of sp³-hybridized carbons (Fsp3) is 0.194. The van der Waals surface area contributed by atoms with Crippen LogP contribution in [0.15, 0.2) is 97.1 Å². The predicted molar refractivity (Wildman–Crippen MR) is 166 cm³/mol. The third-order valence-electron chi connectivity index (χ3n) is 9.16. The van der Waals surface area contributed by atoms with Gasteiger partial charge in [-0.1, -0.05) is 89.5 Å². The molecule has 3 aliphatic heterocycles. The molecule has 0 aromatic heterocycles. The highest BCUT2D eigenvalue weighted by Crippen LogP contribution is 2.59. The van der Waals surface area contributed by atoms with Gasteiger partial charge in [0.2, 0.25) is 5.91 Å². The highest BCUT2D eigenvalue weighted by atomic mass is 35.5. The highest BCUT2D eigenvalue weighted by molar-refractivity contribution is 6.34. The zero-order chi connectivity index (χ0) is 29.3. The lowest BCUT2D eigenvalue weighted by atomic mass is 9.64. The van der Waals surface area contributed by atoms with Crippen LogP contribution < -0.4 is 10.2 Å². The Balaban J connectivity index is 1.57. The number of ketones is 2. The molecule has 0 bridgehead atoms. The van der Waals surface area contributed by atoms with E-state index in [9.17, 15) is 14.4 Å². The molecule has 3 aliphatic rings. The molecule has 0 unspecified atom stereocenters. The van der Waals surface area contributed by atoms with Crippen LogP contribution in [-0.4, -0.2) is 29.6 Å². The average molecular weight is 573 g/mol. The zero-order valence-electron chi connectivity index (χ0n) is 23.5. The Kier molecular flexibility index (Phi) is 6.00. The SMILES string of the molecule is CC1=C[C@@H]2N(c3ccc(C)cc31)[C@H](C(=O)c1ccc(C)cc1)[C@@H](C(=O)c1ccccc1Cl)[C@]21C(=O)Nc2ccccc21. The van der Waals surface area contributed by atoms with Gasteiger partial charge in [0.1, 0.15) is 11.5 Å². The Morgan fingerprint density at radius 1 is 0.833 bits per heavy atom. The monoisotopic (exact) mass is 572 g/mol. The van der Waals surface area contributed by atoms with Crippen LogP contribution in [0.5, 0.6) is 0 Å². The van der Waals surface area contributed by atoms with Gasteiger partial charge in [0.05, 0.1) is 17.0 Å². The number of hydrogen-bond donors (Lipinski definition) is 1. The lowest BCUT2D eigenvalue weighted by molar-refractivity contribution is -0.121. The normalized spacial score (nSPS) is 23.6. The molecule has 4 atom stereocenters. The molecule has 7 rings (SSSR count). The molecule has 1 N–H and O–H groups in total. The van der Waals surface area contributed by atoms with Gasteiger partial charge in [-0.3, -0.25) is 14.4 Å². The van der Waals surface area contributed by atoms with Gasteiger partial charge in [-0.2, -0.15) is 0 Å². The number of aryl methyl sites for hydroxylation is 2. The number of nitrogens with one attached hydrogen (secondary N) is 1. The van der Waals surface area contributed by atoms with Gasteiger partial charge in [-0.25, -0.2) is 0 Å². The van der Waals surface area contributed by atoms with Crippen LogP contribution in [0.3, 0.4) is 0 Å². The van der Waals surface area contributed by atoms with Crippen LogP contribution in [0, 0.1) is 19.8 Å². The number of carbonyl (C=O) groups excluding carboxylic acids is 3. The molecule has 4 aromatic carbocycles. The van der Waals surface area contributed by atoms with Crippen LogP contribution in [0.25, 0.3) is 5.57 Å². The smallest absolute Gasteiger partial charge is 0.238 e. The molecule has 1 amide bonds. The number of carbonyl (C=O) groups is 3. The number of anilines is 2. The van der Waals surface area contributed by atoms with Crippen molar-refractivity contribution in [2.45, 2.75) is 38.3 Å². The van der Waals surface area contributed by atoms with Crippen LogP contribution in [-0.2, 0) is 10.2 Å². The maximum absolute atomic E-state index is 14.9. The summed E-state index contributed by atoms with van der Waals surface area (Å²) in [5.41, 5.74) is 5.72. The summed E-state index contributed by atoms with van der Waals surface area (Å²) in [7, 11) is 0. The number of allylic oxidation sites excluding steroid dienone is 1. The molecule has 1 spiro atoms. The van der Waals surface area contributed by atoms with E-state index in [2.05, 4.69) is 17.5 Å². The minimum atomic E-state index is -1.37. The van der Waals surface area contributed by atoms with E-state index in [0.717, 1.165) is 28.0 Å². The lowest BCUT2D eigenvalue weighted by Crippen LogP contribution is -2.51. The summed E-state index contributed by atoms with van der Waals surface area (Å²) >= 11 is 6.63. The van der Waals surface area contributed by atoms with Gasteiger partial charge in [-0.05, 0) is 62.2 Å². The Labute approximate surface area is 249 Å². The van der Waals surface area contributed by atoms with Crippen molar-refractivity contribution in [3.63, 3.8) is 0 Å². The second-order valence-electron chi connectivity index (χ2n) is 11.6. The topological polar surface area (TPSA) is 66.5 Å². The Bertz CT molecular complexity index is 1840. The first-order valence-electron chi connectivity index (χ1n) is 14.1. The maximum atomic E-state index is 14.9. The van der Waals surface area contributed by atoms with Gasteiger partial charge in [-0.15, -0.1) is 0 Å². The third-order valence-corrected chi connectivity index (χ3v) is 9.49. The fourth-order valence-corrected chi connectivity index (χ4v) is 7.49. The lowest BCUT2D eigenvalue weighted by Gasteiger charge is -2.39. The molecule has 208 valence electrons. The second-order valence-corrected chi connectivity index (χ2v) is 12.0. The minimum Gasteiger partial charge on any atom is -0.352 e. The van der Waals surface area contributed by atoms with Gasteiger partial charge >= 0.3 is 0 Å². The van der Waals surface area contributed by atoms with Gasteiger partial charge < -0.3 is 10.2 Å². The number of rotatable bonds is 4.